The second kappa shape index (κ2) is 7.46. The van der Waals surface area contributed by atoms with Crippen molar-refractivity contribution in [3.05, 3.63) is 29.8 Å². The quantitative estimate of drug-likeness (QED) is 0.767. The van der Waals surface area contributed by atoms with Gasteiger partial charge in [-0.15, -0.1) is 0 Å². The summed E-state index contributed by atoms with van der Waals surface area (Å²) in [7, 11) is 1.57. The average Bonchev–Trinajstić information content (AvgIpc) is 2.42. The monoisotopic (exact) mass is 264 g/mol. The standard InChI is InChI=1S/C15H20O4/c1-4-12(5-2)19-15-11(9-10-14(16)17)7-6-8-13(15)18-3/h6-10,12H,4-5H2,1-3H3,(H,16,17)/b10-9-. The number of para-hydroxylation sites is 1. The average molecular weight is 264 g/mol. The minimum absolute atomic E-state index is 0.0910. The van der Waals surface area contributed by atoms with Crippen molar-refractivity contribution >= 4 is 12.0 Å². The lowest BCUT2D eigenvalue weighted by atomic mass is 10.1. The summed E-state index contributed by atoms with van der Waals surface area (Å²) in [5.41, 5.74) is 0.702. The highest BCUT2D eigenvalue weighted by Crippen LogP contribution is 2.33. The summed E-state index contributed by atoms with van der Waals surface area (Å²) >= 11 is 0. The molecule has 0 heterocycles. The fraction of sp³-hybridized carbons (Fsp3) is 0.400. The minimum Gasteiger partial charge on any atom is -0.493 e. The maximum Gasteiger partial charge on any atom is 0.328 e. The Hall–Kier alpha value is -1.97. The van der Waals surface area contributed by atoms with Gasteiger partial charge in [0.1, 0.15) is 0 Å². The van der Waals surface area contributed by atoms with Crippen LogP contribution in [0.2, 0.25) is 0 Å². The van der Waals surface area contributed by atoms with Crippen LogP contribution < -0.4 is 9.47 Å². The summed E-state index contributed by atoms with van der Waals surface area (Å²) in [5.74, 6) is 0.215. The van der Waals surface area contributed by atoms with Crippen molar-refractivity contribution in [3.63, 3.8) is 0 Å². The molecule has 0 bridgehead atoms. The van der Waals surface area contributed by atoms with E-state index in [4.69, 9.17) is 14.6 Å². The highest BCUT2D eigenvalue weighted by Gasteiger charge is 2.13. The molecule has 104 valence electrons. The molecule has 0 fully saturated rings. The van der Waals surface area contributed by atoms with Crippen LogP contribution in [-0.4, -0.2) is 24.3 Å². The number of carbonyl (C=O) groups is 1. The molecule has 0 radical (unpaired) electrons. The Bertz CT molecular complexity index is 447. The fourth-order valence-electron chi connectivity index (χ4n) is 1.73. The summed E-state index contributed by atoms with van der Waals surface area (Å²) in [5, 5.41) is 8.71. The van der Waals surface area contributed by atoms with Crippen LogP contribution >= 0.6 is 0 Å². The summed E-state index contributed by atoms with van der Waals surface area (Å²) in [6, 6.07) is 5.41. The van der Waals surface area contributed by atoms with Crippen LogP contribution in [0.3, 0.4) is 0 Å². The van der Waals surface area contributed by atoms with Gasteiger partial charge in [-0.25, -0.2) is 4.79 Å². The van der Waals surface area contributed by atoms with Crippen molar-refractivity contribution < 1.29 is 19.4 Å². The third-order valence-corrected chi connectivity index (χ3v) is 2.83. The summed E-state index contributed by atoms with van der Waals surface area (Å²) in [6.07, 6.45) is 4.47. The van der Waals surface area contributed by atoms with Gasteiger partial charge >= 0.3 is 5.97 Å². The Kier molecular flexibility index (Phi) is 5.93. The van der Waals surface area contributed by atoms with E-state index in [0.29, 0.717) is 17.1 Å². The van der Waals surface area contributed by atoms with Gasteiger partial charge in [0, 0.05) is 11.6 Å². The Morgan fingerprint density at radius 1 is 1.37 bits per heavy atom. The van der Waals surface area contributed by atoms with E-state index in [-0.39, 0.29) is 6.10 Å². The highest BCUT2D eigenvalue weighted by atomic mass is 16.5. The number of rotatable bonds is 7. The number of ether oxygens (including phenoxy) is 2. The van der Waals surface area contributed by atoms with Gasteiger partial charge in [-0.05, 0) is 25.0 Å². The molecular formula is C15H20O4. The molecule has 1 aromatic rings. The number of carboxylic acid groups (broad SMARTS) is 1. The van der Waals surface area contributed by atoms with Gasteiger partial charge in [-0.1, -0.05) is 26.0 Å². The first-order chi connectivity index (χ1) is 9.12. The maximum absolute atomic E-state index is 10.6. The van der Waals surface area contributed by atoms with Gasteiger partial charge in [0.05, 0.1) is 13.2 Å². The SMILES string of the molecule is CCC(CC)Oc1c(/C=C\C(=O)O)cccc1OC. The molecule has 0 amide bonds. The van der Waals surface area contributed by atoms with Gasteiger partial charge in [0.2, 0.25) is 0 Å². The Balaban J connectivity index is 3.12. The largest absolute Gasteiger partial charge is 0.493 e. The lowest BCUT2D eigenvalue weighted by molar-refractivity contribution is -0.131. The van der Waals surface area contributed by atoms with Crippen LogP contribution in [0.1, 0.15) is 32.3 Å². The zero-order chi connectivity index (χ0) is 14.3. The second-order valence-electron chi connectivity index (χ2n) is 4.11. The normalized spacial score (nSPS) is 10.9. The van der Waals surface area contributed by atoms with Crippen molar-refractivity contribution in [2.75, 3.05) is 7.11 Å². The fourth-order valence-corrected chi connectivity index (χ4v) is 1.73. The minimum atomic E-state index is -0.990. The number of methoxy groups -OCH3 is 1. The van der Waals surface area contributed by atoms with Crippen molar-refractivity contribution in [3.8, 4) is 11.5 Å². The maximum atomic E-state index is 10.6. The smallest absolute Gasteiger partial charge is 0.328 e. The van der Waals surface area contributed by atoms with E-state index in [1.807, 2.05) is 0 Å². The molecule has 1 N–H and O–H groups in total. The summed E-state index contributed by atoms with van der Waals surface area (Å²) < 4.78 is 11.2. The highest BCUT2D eigenvalue weighted by molar-refractivity contribution is 5.86. The van der Waals surface area contributed by atoms with E-state index < -0.39 is 5.97 Å². The zero-order valence-corrected chi connectivity index (χ0v) is 11.6. The molecule has 1 aromatic carbocycles. The Morgan fingerprint density at radius 3 is 2.58 bits per heavy atom. The molecule has 4 heteroatoms. The number of benzene rings is 1. The lowest BCUT2D eigenvalue weighted by Gasteiger charge is -2.19. The van der Waals surface area contributed by atoms with Crippen LogP contribution in [-0.2, 0) is 4.79 Å². The Labute approximate surface area is 113 Å². The molecule has 0 aliphatic heterocycles. The molecule has 0 unspecified atom stereocenters. The van der Waals surface area contributed by atoms with Crippen LogP contribution in [0.4, 0.5) is 0 Å². The number of carboxylic acids is 1. The molecule has 0 aliphatic carbocycles. The van der Waals surface area contributed by atoms with Crippen molar-refractivity contribution in [1.29, 1.82) is 0 Å². The first-order valence-corrected chi connectivity index (χ1v) is 6.37. The van der Waals surface area contributed by atoms with Crippen molar-refractivity contribution in [2.24, 2.45) is 0 Å². The van der Waals surface area contributed by atoms with Gasteiger partial charge in [-0.3, -0.25) is 0 Å². The van der Waals surface area contributed by atoms with Crippen LogP contribution in [0.25, 0.3) is 6.08 Å². The van der Waals surface area contributed by atoms with E-state index in [2.05, 4.69) is 13.8 Å². The van der Waals surface area contributed by atoms with Crippen LogP contribution in [0.15, 0.2) is 24.3 Å². The van der Waals surface area contributed by atoms with Crippen LogP contribution in [0, 0.1) is 0 Å². The molecule has 0 aliphatic rings. The van der Waals surface area contributed by atoms with E-state index in [0.717, 1.165) is 18.9 Å². The van der Waals surface area contributed by atoms with E-state index in [1.165, 1.54) is 6.08 Å². The predicted molar refractivity (Wildman–Crippen MR) is 74.7 cm³/mol. The van der Waals surface area contributed by atoms with Crippen LogP contribution in [0.5, 0.6) is 11.5 Å². The van der Waals surface area contributed by atoms with Gasteiger partial charge < -0.3 is 14.6 Å². The number of aliphatic carboxylic acids is 1. The first-order valence-electron chi connectivity index (χ1n) is 6.37. The molecule has 1 rings (SSSR count). The molecule has 0 atom stereocenters. The molecular weight excluding hydrogens is 244 g/mol. The number of hydrogen-bond acceptors (Lipinski definition) is 3. The zero-order valence-electron chi connectivity index (χ0n) is 11.6. The molecule has 0 saturated carbocycles. The third-order valence-electron chi connectivity index (χ3n) is 2.83. The van der Waals surface area contributed by atoms with E-state index in [1.54, 1.807) is 25.3 Å². The predicted octanol–water partition coefficient (Wildman–Crippen LogP) is 3.36. The second-order valence-corrected chi connectivity index (χ2v) is 4.11. The Morgan fingerprint density at radius 2 is 2.05 bits per heavy atom. The summed E-state index contributed by atoms with van der Waals surface area (Å²) in [6.45, 7) is 4.10. The van der Waals surface area contributed by atoms with Gasteiger partial charge in [0.25, 0.3) is 0 Å². The molecule has 4 nitrogen and oxygen atoms in total. The van der Waals surface area contributed by atoms with E-state index >= 15 is 0 Å². The molecule has 0 spiro atoms. The first kappa shape index (κ1) is 15.1. The van der Waals surface area contributed by atoms with Gasteiger partial charge in [-0.2, -0.15) is 0 Å². The van der Waals surface area contributed by atoms with Crippen molar-refractivity contribution in [2.45, 2.75) is 32.8 Å². The van der Waals surface area contributed by atoms with E-state index in [9.17, 15) is 4.79 Å². The molecule has 19 heavy (non-hydrogen) atoms. The third kappa shape index (κ3) is 4.32. The molecule has 0 aromatic heterocycles. The summed E-state index contributed by atoms with van der Waals surface area (Å²) in [4.78, 5) is 10.6. The van der Waals surface area contributed by atoms with Gasteiger partial charge in [0.15, 0.2) is 11.5 Å². The topological polar surface area (TPSA) is 55.8 Å². The lowest BCUT2D eigenvalue weighted by Crippen LogP contribution is -2.14. The van der Waals surface area contributed by atoms with Crippen molar-refractivity contribution in [1.82, 2.24) is 0 Å². The molecule has 0 saturated heterocycles. The number of hydrogen-bond donors (Lipinski definition) is 1.